The van der Waals surface area contributed by atoms with E-state index in [1.807, 2.05) is 7.05 Å². The van der Waals surface area contributed by atoms with Gasteiger partial charge >= 0.3 is 63.8 Å². The molecule has 299 valence electrons. The number of hydrogen-bond donors (Lipinski definition) is 4. The van der Waals surface area contributed by atoms with Crippen molar-refractivity contribution in [3.63, 3.8) is 0 Å². The Labute approximate surface area is 337 Å². The first-order valence-electron chi connectivity index (χ1n) is 17.5. The molecule has 2 saturated carbocycles. The van der Waals surface area contributed by atoms with Crippen LogP contribution in [0.1, 0.15) is 112 Å². The summed E-state index contributed by atoms with van der Waals surface area (Å²) in [6.45, 7) is 12.8. The van der Waals surface area contributed by atoms with Crippen molar-refractivity contribution in [3.8, 4) is 0 Å². The van der Waals surface area contributed by atoms with Gasteiger partial charge in [-0.3, -0.25) is 33.8 Å². The normalized spacial score (nSPS) is 21.7. The molecule has 2 aliphatic heterocycles. The quantitative estimate of drug-likeness (QED) is 0.0603. The molecule has 0 aromatic carbocycles. The summed E-state index contributed by atoms with van der Waals surface area (Å²) >= 11 is 0. The monoisotopic (exact) mass is 786 g/mol. The van der Waals surface area contributed by atoms with E-state index >= 15 is 0 Å². The van der Waals surface area contributed by atoms with E-state index in [0.717, 1.165) is 71.4 Å². The molecule has 17 nitrogen and oxygen atoms in total. The molecule has 0 amide bonds. The fraction of sp³-hybridized carbons (Fsp3) is 0.818. The molecule has 20 heteroatoms. The predicted octanol–water partition coefficient (Wildman–Crippen LogP) is 0.0524. The number of piperidine rings is 2. The number of nitrogens with one attached hydrogen (secondary N) is 2. The molecule has 0 bridgehead atoms. The second kappa shape index (κ2) is 27.5. The Morgan fingerprint density at radius 2 is 1.25 bits per heavy atom. The van der Waals surface area contributed by atoms with Gasteiger partial charge in [-0.25, -0.2) is 19.4 Å². The fourth-order valence-corrected chi connectivity index (χ4v) is 5.73. The molecule has 0 aromatic heterocycles. The van der Waals surface area contributed by atoms with Gasteiger partial charge in [0.05, 0.1) is 13.2 Å². The molecule has 4 aliphatic rings. The van der Waals surface area contributed by atoms with Crippen molar-refractivity contribution in [1.29, 1.82) is 0 Å². The zero-order valence-electron chi connectivity index (χ0n) is 32.6. The number of nitrogens with zero attached hydrogens (tertiary/aromatic N) is 1. The number of aliphatic imine (C=N–C) groups is 1. The van der Waals surface area contributed by atoms with Crippen LogP contribution in [0.2, 0.25) is 0 Å². The molecule has 4 N–H and O–H groups in total. The summed E-state index contributed by atoms with van der Waals surface area (Å²) in [6.07, 6.45) is 12.1. The minimum absolute atomic E-state index is 0. The Kier molecular flexibility index (Phi) is 27.4. The molecular weight excluding hydrogens is 728 g/mol. The van der Waals surface area contributed by atoms with Crippen LogP contribution in [0, 0.1) is 16.7 Å². The molecule has 3 radical (unpaired) electrons. The van der Waals surface area contributed by atoms with Crippen LogP contribution < -0.4 is 40.2 Å². The Morgan fingerprint density at radius 1 is 0.811 bits per heavy atom. The summed E-state index contributed by atoms with van der Waals surface area (Å²) in [5, 5.41) is 6.60. The smallest absolute Gasteiger partial charge is 0.793 e. The second-order valence-corrected chi connectivity index (χ2v) is 13.9. The first kappa shape index (κ1) is 53.0. The van der Waals surface area contributed by atoms with Crippen LogP contribution in [-0.4, -0.2) is 107 Å². The Morgan fingerprint density at radius 3 is 1.57 bits per heavy atom. The van der Waals surface area contributed by atoms with Crippen molar-refractivity contribution in [2.45, 2.75) is 124 Å². The maximum Gasteiger partial charge on any atom is 1.00 e. The van der Waals surface area contributed by atoms with Gasteiger partial charge in [0.1, 0.15) is 12.1 Å². The van der Waals surface area contributed by atoms with Gasteiger partial charge in [0.2, 0.25) is 5.97 Å². The van der Waals surface area contributed by atoms with Gasteiger partial charge in [-0.05, 0) is 69.2 Å². The zero-order chi connectivity index (χ0) is 40.0. The molecule has 1 unspecified atom stereocenters. The van der Waals surface area contributed by atoms with Gasteiger partial charge in [0.15, 0.2) is 0 Å². The largest absolute Gasteiger partial charge is 1.00 e. The van der Waals surface area contributed by atoms with Crippen LogP contribution in [0.4, 0.5) is 0 Å². The van der Waals surface area contributed by atoms with Crippen LogP contribution in [0.25, 0.3) is 0 Å². The van der Waals surface area contributed by atoms with Gasteiger partial charge in [-0.1, -0.05) is 40.0 Å². The summed E-state index contributed by atoms with van der Waals surface area (Å²) in [5.74, 6) is -1.09. The number of esters is 2. The van der Waals surface area contributed by atoms with E-state index in [2.05, 4.69) is 58.9 Å². The fourth-order valence-electron chi connectivity index (χ4n) is 5.73. The number of carbonyl (C=O) groups is 5. The number of hydrogen-bond acceptors (Lipinski definition) is 15. The zero-order valence-corrected chi connectivity index (χ0v) is 35.4. The number of rotatable bonds is 9. The van der Waals surface area contributed by atoms with E-state index in [4.69, 9.17) is 27.0 Å². The topological polar surface area (TPSA) is 243 Å². The van der Waals surface area contributed by atoms with Gasteiger partial charge in [-0.2, -0.15) is 8.42 Å². The van der Waals surface area contributed by atoms with E-state index < -0.39 is 28.3 Å². The molecule has 3 atom stereocenters. The van der Waals surface area contributed by atoms with E-state index in [-0.39, 0.29) is 59.0 Å². The number of unbranched alkanes of at least 4 members (excludes halogenated alkanes) is 2. The second-order valence-electron chi connectivity index (χ2n) is 13.0. The average molecular weight is 787 g/mol. The van der Waals surface area contributed by atoms with Gasteiger partial charge in [-0.15, -0.1) is 0 Å². The van der Waals surface area contributed by atoms with Crippen LogP contribution in [-0.2, 0) is 58.3 Å². The standard InChI is InChI=1S/C14H25NO2.C13H22N2O2.C4H6O4.C2H3BO2.Na.H2O4S/c1-3-5-8-17-13(16)12-9-14(6-7-14)11(4-2)10-15-12;1-3-4-7-17-12(16)10-8-13(5-6-13)11(14-2)9-15-10;1-3(5)7-8-4(2)6;1-2(4)5-3;;1-5(2,3)4/h11-12,15H,3-10H2,1-2H3;10,15H,3-9H2,1-2H3;1-2H3;1H3;;(H2,1,2,3,4)/q;;;-1;+1;/t11?,12-;10-;;;;/m00..../s1. The van der Waals surface area contributed by atoms with E-state index in [9.17, 15) is 24.0 Å². The Hall–Kier alpha value is -2.13. The third kappa shape index (κ3) is 24.1. The predicted molar refractivity (Wildman–Crippen MR) is 190 cm³/mol. The van der Waals surface area contributed by atoms with Crippen LogP contribution in [0.15, 0.2) is 4.99 Å². The van der Waals surface area contributed by atoms with Gasteiger partial charge in [0.25, 0.3) is 0 Å². The summed E-state index contributed by atoms with van der Waals surface area (Å²) in [5.41, 5.74) is 1.94. The number of ether oxygens (including phenoxy) is 2. The first-order valence-corrected chi connectivity index (χ1v) is 18.9. The third-order valence-corrected chi connectivity index (χ3v) is 8.81. The molecule has 2 aliphatic carbocycles. The molecule has 2 spiro atoms. The summed E-state index contributed by atoms with van der Waals surface area (Å²) in [6, 6.07) is -0.169. The molecule has 4 fully saturated rings. The molecule has 53 heavy (non-hydrogen) atoms. The van der Waals surface area contributed by atoms with Crippen molar-refractivity contribution in [3.05, 3.63) is 0 Å². The Bertz CT molecular complexity index is 1260. The van der Waals surface area contributed by atoms with E-state index in [0.29, 0.717) is 18.6 Å². The van der Waals surface area contributed by atoms with Gasteiger partial charge in [0, 0.05) is 45.5 Å². The third-order valence-electron chi connectivity index (χ3n) is 8.81. The first-order chi connectivity index (χ1) is 24.3. The maximum atomic E-state index is 11.9. The molecular formula is C33H58BN3NaO14S. The summed E-state index contributed by atoms with van der Waals surface area (Å²) < 4.78 is 45.8. The minimum Gasteiger partial charge on any atom is -0.793 e. The van der Waals surface area contributed by atoms with Crippen molar-refractivity contribution in [2.75, 3.05) is 33.4 Å². The van der Waals surface area contributed by atoms with Crippen LogP contribution in [0.3, 0.4) is 0 Å². The van der Waals surface area contributed by atoms with Crippen molar-refractivity contribution < 1.29 is 95.0 Å². The molecule has 4 rings (SSSR count). The summed E-state index contributed by atoms with van der Waals surface area (Å²) in [7, 11) is 1.50. The van der Waals surface area contributed by atoms with Crippen molar-refractivity contribution >= 4 is 54.0 Å². The van der Waals surface area contributed by atoms with Crippen molar-refractivity contribution in [1.82, 2.24) is 10.6 Å². The maximum absolute atomic E-state index is 11.9. The minimum atomic E-state index is -4.67. The van der Waals surface area contributed by atoms with Gasteiger partial charge < -0.3 is 27.5 Å². The van der Waals surface area contributed by atoms with Crippen molar-refractivity contribution in [2.24, 2.45) is 21.7 Å². The molecule has 2 saturated heterocycles. The van der Waals surface area contributed by atoms with E-state index in [1.54, 1.807) is 0 Å². The molecule has 2 heterocycles. The molecule has 0 aromatic rings. The summed E-state index contributed by atoms with van der Waals surface area (Å²) in [4.78, 5) is 64.9. The average Bonchev–Trinajstić information content (AvgIpc) is 4.02. The van der Waals surface area contributed by atoms with Crippen LogP contribution in [0.5, 0.6) is 0 Å². The Balaban J connectivity index is 0. The van der Waals surface area contributed by atoms with E-state index in [1.165, 1.54) is 44.7 Å². The number of carbonyl (C=O) groups excluding carboxylic acids is 5. The SMILES string of the molecule is CC(=O)OOC(C)=O.CCCCOC(=O)[C@@H]1CC2(CC2)C(=NC)CN1.CCCCOC(=O)[C@@H]1CC2(CC2)C(CC)CN1.O=S(=O)(O)O.[B-]OC(C)=O.[Na+]. The van der Waals surface area contributed by atoms with Crippen LogP contribution >= 0.6 is 0 Å².